The molecule has 0 aromatic rings. The molecular weight excluding hydrogens is 242 g/mol. The Morgan fingerprint density at radius 3 is 2.33 bits per heavy atom. The number of hydrogen-bond acceptors (Lipinski definition) is 3. The largest absolute Gasteiger partial charge is 0.303 e. The van der Waals surface area contributed by atoms with E-state index in [4.69, 9.17) is 0 Å². The van der Waals surface area contributed by atoms with Gasteiger partial charge in [0, 0.05) is 29.4 Å². The van der Waals surface area contributed by atoms with Gasteiger partial charge in [-0.2, -0.15) is 11.8 Å². The van der Waals surface area contributed by atoms with Crippen molar-refractivity contribution in [1.82, 2.24) is 4.90 Å². The molecule has 0 spiro atoms. The van der Waals surface area contributed by atoms with Crippen molar-refractivity contribution < 1.29 is 4.79 Å². The fraction of sp³-hybridized carbons (Fsp3) is 0.933. The number of nitrogens with zero attached hydrogens (tertiary/aromatic N) is 1. The van der Waals surface area contributed by atoms with Gasteiger partial charge in [0.2, 0.25) is 0 Å². The van der Waals surface area contributed by atoms with Gasteiger partial charge in [0.25, 0.3) is 0 Å². The Labute approximate surface area is 116 Å². The smallest absolute Gasteiger partial charge is 0.137 e. The van der Waals surface area contributed by atoms with Crippen LogP contribution in [0.25, 0.3) is 0 Å². The van der Waals surface area contributed by atoms with Crippen LogP contribution in [0.5, 0.6) is 0 Å². The molecule has 104 valence electrons. The van der Waals surface area contributed by atoms with E-state index in [9.17, 15) is 4.79 Å². The maximum atomic E-state index is 12.3. The number of carbonyl (C=O) groups excluding carboxylic acids is 1. The second-order valence-corrected chi connectivity index (χ2v) is 7.33. The van der Waals surface area contributed by atoms with Gasteiger partial charge < -0.3 is 4.90 Å². The highest BCUT2D eigenvalue weighted by molar-refractivity contribution is 8.00. The minimum absolute atomic E-state index is 0.386. The lowest BCUT2D eigenvalue weighted by Crippen LogP contribution is -2.34. The minimum Gasteiger partial charge on any atom is -0.303 e. The molecular formula is C15H27NOS. The summed E-state index contributed by atoms with van der Waals surface area (Å²) in [6, 6.07) is 0. The molecule has 0 aromatic carbocycles. The summed E-state index contributed by atoms with van der Waals surface area (Å²) in [5, 5.41) is 1.58. The Kier molecular flexibility index (Phi) is 5.56. The van der Waals surface area contributed by atoms with Gasteiger partial charge in [-0.05, 0) is 38.8 Å². The van der Waals surface area contributed by atoms with Gasteiger partial charge in [-0.25, -0.2) is 0 Å². The average molecular weight is 269 g/mol. The van der Waals surface area contributed by atoms with Gasteiger partial charge in [0.15, 0.2) is 0 Å². The third-order valence-corrected chi connectivity index (χ3v) is 6.18. The molecule has 2 rings (SSSR count). The molecule has 3 heteroatoms. The Morgan fingerprint density at radius 1 is 1.17 bits per heavy atom. The van der Waals surface area contributed by atoms with Crippen LogP contribution in [0.4, 0.5) is 0 Å². The van der Waals surface area contributed by atoms with Crippen LogP contribution in [0, 0.1) is 5.92 Å². The van der Waals surface area contributed by atoms with E-state index in [1.54, 1.807) is 0 Å². The summed E-state index contributed by atoms with van der Waals surface area (Å²) in [4.78, 5) is 14.7. The van der Waals surface area contributed by atoms with Crippen LogP contribution in [0.3, 0.4) is 0 Å². The standard InChI is InChI=1S/C15H27NOS/c1-3-16(4-2)9-8-15(17)12-10-13-6-5-7-14(11-12)18-13/h12-14H,3-11H2,1-2H3. The zero-order chi connectivity index (χ0) is 13.0. The van der Waals surface area contributed by atoms with Crippen molar-refractivity contribution in [3.63, 3.8) is 0 Å². The summed E-state index contributed by atoms with van der Waals surface area (Å²) in [6.07, 6.45) is 7.19. The van der Waals surface area contributed by atoms with E-state index >= 15 is 0 Å². The third-order valence-electron chi connectivity index (χ3n) is 4.56. The van der Waals surface area contributed by atoms with Gasteiger partial charge in [-0.3, -0.25) is 4.79 Å². The molecule has 2 heterocycles. The molecule has 2 nitrogen and oxygen atoms in total. The van der Waals surface area contributed by atoms with Gasteiger partial charge in [0.05, 0.1) is 0 Å². The molecule has 0 aromatic heterocycles. The van der Waals surface area contributed by atoms with Crippen molar-refractivity contribution in [3.8, 4) is 0 Å². The number of carbonyl (C=O) groups is 1. The molecule has 2 bridgehead atoms. The zero-order valence-corrected chi connectivity index (χ0v) is 12.7. The van der Waals surface area contributed by atoms with E-state index in [0.29, 0.717) is 11.7 Å². The monoisotopic (exact) mass is 269 g/mol. The van der Waals surface area contributed by atoms with E-state index in [1.165, 1.54) is 19.3 Å². The van der Waals surface area contributed by atoms with Crippen molar-refractivity contribution >= 4 is 17.5 Å². The van der Waals surface area contributed by atoms with Crippen LogP contribution in [0.15, 0.2) is 0 Å². The fourth-order valence-corrected chi connectivity index (χ4v) is 5.17. The van der Waals surface area contributed by atoms with Gasteiger partial charge >= 0.3 is 0 Å². The molecule has 2 saturated heterocycles. The predicted octanol–water partition coefficient (Wildman–Crippen LogP) is 3.35. The molecule has 0 N–H and O–H groups in total. The Bertz CT molecular complexity index is 266. The van der Waals surface area contributed by atoms with E-state index < -0.39 is 0 Å². The van der Waals surface area contributed by atoms with Gasteiger partial charge in [0.1, 0.15) is 5.78 Å². The maximum Gasteiger partial charge on any atom is 0.137 e. The molecule has 2 aliphatic rings. The number of hydrogen-bond donors (Lipinski definition) is 0. The van der Waals surface area contributed by atoms with E-state index in [1.807, 2.05) is 0 Å². The number of thioether (sulfide) groups is 1. The van der Waals surface area contributed by atoms with Crippen molar-refractivity contribution in [2.45, 2.75) is 62.9 Å². The van der Waals surface area contributed by atoms with E-state index in [-0.39, 0.29) is 0 Å². The van der Waals surface area contributed by atoms with Gasteiger partial charge in [-0.15, -0.1) is 0 Å². The maximum absolute atomic E-state index is 12.3. The summed E-state index contributed by atoms with van der Waals surface area (Å²) in [7, 11) is 0. The first-order valence-electron chi connectivity index (χ1n) is 7.63. The lowest BCUT2D eigenvalue weighted by Gasteiger charge is -2.38. The predicted molar refractivity (Wildman–Crippen MR) is 79.2 cm³/mol. The third kappa shape index (κ3) is 3.74. The van der Waals surface area contributed by atoms with Crippen LogP contribution in [0.2, 0.25) is 0 Å². The molecule has 2 aliphatic heterocycles. The van der Waals surface area contributed by atoms with Crippen LogP contribution in [-0.2, 0) is 4.79 Å². The summed E-state index contributed by atoms with van der Waals surface area (Å²) >= 11 is 2.17. The van der Waals surface area contributed by atoms with Crippen molar-refractivity contribution in [2.24, 2.45) is 5.92 Å². The minimum atomic E-state index is 0.386. The van der Waals surface area contributed by atoms with Gasteiger partial charge in [-0.1, -0.05) is 20.3 Å². The fourth-order valence-electron chi connectivity index (χ4n) is 3.33. The zero-order valence-electron chi connectivity index (χ0n) is 11.9. The quantitative estimate of drug-likeness (QED) is 0.737. The number of ketones is 1. The Hall–Kier alpha value is -0.0200. The summed E-state index contributed by atoms with van der Waals surface area (Å²) in [5.41, 5.74) is 0. The highest BCUT2D eigenvalue weighted by atomic mass is 32.2. The lowest BCUT2D eigenvalue weighted by atomic mass is 9.85. The van der Waals surface area contributed by atoms with Crippen LogP contribution >= 0.6 is 11.8 Å². The molecule has 0 aliphatic carbocycles. The number of Topliss-reactive ketones (excluding diaryl/α,β-unsaturated/α-hetero) is 1. The Balaban J connectivity index is 1.78. The molecule has 0 saturated carbocycles. The first kappa shape index (κ1) is 14.4. The van der Waals surface area contributed by atoms with Crippen LogP contribution < -0.4 is 0 Å². The highest BCUT2D eigenvalue weighted by Crippen LogP contribution is 2.44. The highest BCUT2D eigenvalue weighted by Gasteiger charge is 2.35. The molecule has 0 amide bonds. The normalized spacial score (nSPS) is 31.6. The summed E-state index contributed by atoms with van der Waals surface area (Å²) in [6.45, 7) is 7.45. The molecule has 2 atom stereocenters. The topological polar surface area (TPSA) is 20.3 Å². The molecule has 2 fully saturated rings. The first-order chi connectivity index (χ1) is 8.72. The average Bonchev–Trinajstić information content (AvgIpc) is 2.39. The molecule has 2 unspecified atom stereocenters. The van der Waals surface area contributed by atoms with E-state index in [2.05, 4.69) is 30.5 Å². The van der Waals surface area contributed by atoms with Crippen molar-refractivity contribution in [3.05, 3.63) is 0 Å². The first-order valence-corrected chi connectivity index (χ1v) is 8.57. The SMILES string of the molecule is CCN(CC)CCC(=O)C1CC2CCCC(C1)S2. The summed E-state index contributed by atoms with van der Waals surface area (Å²) < 4.78 is 0. The lowest BCUT2D eigenvalue weighted by molar-refractivity contribution is -0.123. The second-order valence-electron chi connectivity index (χ2n) is 5.72. The number of fused-ring (bicyclic) bond motifs is 2. The van der Waals surface area contributed by atoms with E-state index in [0.717, 1.165) is 49.4 Å². The van der Waals surface area contributed by atoms with Crippen molar-refractivity contribution in [1.29, 1.82) is 0 Å². The Morgan fingerprint density at radius 2 is 1.78 bits per heavy atom. The van der Waals surface area contributed by atoms with Crippen LogP contribution in [-0.4, -0.2) is 40.8 Å². The van der Waals surface area contributed by atoms with Crippen LogP contribution in [0.1, 0.15) is 52.4 Å². The second kappa shape index (κ2) is 6.95. The number of rotatable bonds is 6. The summed E-state index contributed by atoms with van der Waals surface area (Å²) in [5.74, 6) is 0.927. The molecule has 18 heavy (non-hydrogen) atoms. The molecule has 0 radical (unpaired) electrons. The van der Waals surface area contributed by atoms with Crippen molar-refractivity contribution in [2.75, 3.05) is 19.6 Å².